The summed E-state index contributed by atoms with van der Waals surface area (Å²) in [6.45, 7) is 3.79. The van der Waals surface area contributed by atoms with Crippen LogP contribution in [0.3, 0.4) is 0 Å². The number of rotatable bonds is 8. The molecule has 1 N–H and O–H groups in total. The first-order valence-electron chi connectivity index (χ1n) is 6.36. The van der Waals surface area contributed by atoms with Crippen molar-refractivity contribution in [1.82, 2.24) is 0 Å². The van der Waals surface area contributed by atoms with E-state index in [1.165, 1.54) is 0 Å². The van der Waals surface area contributed by atoms with Gasteiger partial charge in [-0.25, -0.2) is 8.42 Å². The fraction of sp³-hybridized carbons (Fsp3) is 0.538. The number of alkyl halides is 1. The Morgan fingerprint density at radius 1 is 1.30 bits per heavy atom. The van der Waals surface area contributed by atoms with Crippen molar-refractivity contribution in [2.75, 3.05) is 16.4 Å². The van der Waals surface area contributed by atoms with Crippen molar-refractivity contribution in [2.24, 2.45) is 0 Å². The molecule has 1 rings (SSSR count). The summed E-state index contributed by atoms with van der Waals surface area (Å²) in [7, 11) is -3.37. The summed E-state index contributed by atoms with van der Waals surface area (Å²) in [5.41, 5.74) is 0.428. The molecule has 0 fully saturated rings. The van der Waals surface area contributed by atoms with E-state index in [2.05, 4.69) is 4.72 Å². The van der Waals surface area contributed by atoms with E-state index >= 15 is 0 Å². The second-order valence-electron chi connectivity index (χ2n) is 4.63. The van der Waals surface area contributed by atoms with E-state index in [1.807, 2.05) is 13.8 Å². The Morgan fingerprint density at radius 3 is 2.55 bits per heavy atom. The van der Waals surface area contributed by atoms with Crippen LogP contribution in [0, 0.1) is 0 Å². The van der Waals surface area contributed by atoms with E-state index in [0.29, 0.717) is 35.2 Å². The molecule has 0 saturated carbocycles. The minimum atomic E-state index is -3.37. The number of halogens is 2. The second-order valence-corrected chi connectivity index (χ2v) is 7.26. The summed E-state index contributed by atoms with van der Waals surface area (Å²) in [5.74, 6) is 1.04. The Hall–Kier alpha value is -0.650. The SMILES string of the molecule is CC(C)Oc1ccc(NS(=O)(=O)CCCCCl)cc1Cl. The smallest absolute Gasteiger partial charge is 0.232 e. The highest BCUT2D eigenvalue weighted by molar-refractivity contribution is 7.92. The van der Waals surface area contributed by atoms with E-state index in [1.54, 1.807) is 18.2 Å². The molecule has 20 heavy (non-hydrogen) atoms. The van der Waals surface area contributed by atoms with E-state index in [9.17, 15) is 8.42 Å². The van der Waals surface area contributed by atoms with Crippen LogP contribution in [0.2, 0.25) is 5.02 Å². The molecule has 0 atom stereocenters. The van der Waals surface area contributed by atoms with Gasteiger partial charge < -0.3 is 4.74 Å². The van der Waals surface area contributed by atoms with Gasteiger partial charge in [0.25, 0.3) is 0 Å². The zero-order valence-corrected chi connectivity index (χ0v) is 13.9. The van der Waals surface area contributed by atoms with E-state index in [0.717, 1.165) is 0 Å². The Kier molecular flexibility index (Phi) is 6.92. The van der Waals surface area contributed by atoms with Gasteiger partial charge in [-0.15, -0.1) is 11.6 Å². The molecular weight excluding hydrogens is 321 g/mol. The van der Waals surface area contributed by atoms with Crippen LogP contribution in [0.25, 0.3) is 0 Å². The highest BCUT2D eigenvalue weighted by Gasteiger charge is 2.12. The normalized spacial score (nSPS) is 11.7. The molecule has 0 aromatic heterocycles. The topological polar surface area (TPSA) is 55.4 Å². The van der Waals surface area contributed by atoms with Gasteiger partial charge in [0, 0.05) is 5.88 Å². The van der Waals surface area contributed by atoms with Crippen molar-refractivity contribution < 1.29 is 13.2 Å². The minimum absolute atomic E-state index is 0.00518. The zero-order valence-electron chi connectivity index (χ0n) is 11.5. The summed E-state index contributed by atoms with van der Waals surface area (Å²) >= 11 is 11.6. The Labute approximate surface area is 130 Å². The molecule has 0 saturated heterocycles. The molecule has 0 aliphatic carbocycles. The number of benzene rings is 1. The maximum Gasteiger partial charge on any atom is 0.232 e. The van der Waals surface area contributed by atoms with Crippen molar-refractivity contribution in [2.45, 2.75) is 32.8 Å². The van der Waals surface area contributed by atoms with Crippen LogP contribution in [0.1, 0.15) is 26.7 Å². The van der Waals surface area contributed by atoms with Crippen LogP contribution in [0.15, 0.2) is 18.2 Å². The number of unbranched alkanes of at least 4 members (excludes halogenated alkanes) is 1. The molecule has 0 unspecified atom stereocenters. The summed E-state index contributed by atoms with van der Waals surface area (Å²) in [5, 5.41) is 0.375. The van der Waals surface area contributed by atoms with E-state index in [-0.39, 0.29) is 11.9 Å². The lowest BCUT2D eigenvalue weighted by atomic mass is 10.3. The van der Waals surface area contributed by atoms with Crippen LogP contribution >= 0.6 is 23.2 Å². The average Bonchev–Trinajstić information content (AvgIpc) is 2.32. The van der Waals surface area contributed by atoms with Gasteiger partial charge in [0.1, 0.15) is 5.75 Å². The number of hydrogen-bond acceptors (Lipinski definition) is 3. The molecule has 4 nitrogen and oxygen atoms in total. The molecule has 0 spiro atoms. The van der Waals surface area contributed by atoms with Gasteiger partial charge in [-0.05, 0) is 44.9 Å². The molecular formula is C13H19Cl2NO3S. The van der Waals surface area contributed by atoms with Gasteiger partial charge >= 0.3 is 0 Å². The number of anilines is 1. The van der Waals surface area contributed by atoms with Gasteiger partial charge in [0.15, 0.2) is 0 Å². The number of ether oxygens (including phenoxy) is 1. The van der Waals surface area contributed by atoms with Crippen LogP contribution in [-0.2, 0) is 10.0 Å². The van der Waals surface area contributed by atoms with Crippen LogP contribution in [0.4, 0.5) is 5.69 Å². The molecule has 1 aromatic rings. The predicted octanol–water partition coefficient (Wildman–Crippen LogP) is 3.89. The molecule has 0 heterocycles. The Balaban J connectivity index is 2.71. The van der Waals surface area contributed by atoms with Gasteiger partial charge in [0.05, 0.1) is 22.6 Å². The minimum Gasteiger partial charge on any atom is -0.489 e. The zero-order chi connectivity index (χ0) is 15.2. The molecule has 0 aliphatic rings. The standard InChI is InChI=1S/C13H19Cl2NO3S/c1-10(2)19-13-6-5-11(9-12(13)15)16-20(17,18)8-4-3-7-14/h5-6,9-10,16H,3-4,7-8H2,1-2H3. The number of nitrogens with one attached hydrogen (secondary N) is 1. The molecule has 7 heteroatoms. The lowest BCUT2D eigenvalue weighted by Gasteiger charge is -2.13. The van der Waals surface area contributed by atoms with Crippen LogP contribution < -0.4 is 9.46 Å². The first-order valence-corrected chi connectivity index (χ1v) is 8.93. The largest absolute Gasteiger partial charge is 0.489 e. The molecule has 0 amide bonds. The maximum atomic E-state index is 11.8. The number of sulfonamides is 1. The number of hydrogen-bond donors (Lipinski definition) is 1. The fourth-order valence-corrected chi connectivity index (χ4v) is 3.12. The average molecular weight is 340 g/mol. The summed E-state index contributed by atoms with van der Waals surface area (Å²) in [4.78, 5) is 0. The first-order chi connectivity index (χ1) is 9.34. The highest BCUT2D eigenvalue weighted by atomic mass is 35.5. The lowest BCUT2D eigenvalue weighted by molar-refractivity contribution is 0.242. The molecule has 0 bridgehead atoms. The quantitative estimate of drug-likeness (QED) is 0.577. The van der Waals surface area contributed by atoms with Crippen molar-refractivity contribution in [3.63, 3.8) is 0 Å². The van der Waals surface area contributed by atoms with Crippen molar-refractivity contribution >= 4 is 38.9 Å². The second kappa shape index (κ2) is 7.96. The lowest BCUT2D eigenvalue weighted by Crippen LogP contribution is -2.16. The van der Waals surface area contributed by atoms with Gasteiger partial charge in [-0.2, -0.15) is 0 Å². The predicted molar refractivity (Wildman–Crippen MR) is 84.6 cm³/mol. The fourth-order valence-electron chi connectivity index (χ4n) is 1.53. The third kappa shape index (κ3) is 6.20. The summed E-state index contributed by atoms with van der Waals surface area (Å²) in [6, 6.07) is 4.82. The van der Waals surface area contributed by atoms with Gasteiger partial charge in [-0.1, -0.05) is 11.6 Å². The van der Waals surface area contributed by atoms with E-state index < -0.39 is 10.0 Å². The van der Waals surface area contributed by atoms with Crippen molar-refractivity contribution in [1.29, 1.82) is 0 Å². The van der Waals surface area contributed by atoms with E-state index in [4.69, 9.17) is 27.9 Å². The Morgan fingerprint density at radius 2 is 2.00 bits per heavy atom. The molecule has 114 valence electrons. The van der Waals surface area contributed by atoms with Gasteiger partial charge in [-0.3, -0.25) is 4.72 Å². The van der Waals surface area contributed by atoms with Gasteiger partial charge in [0.2, 0.25) is 10.0 Å². The third-order valence-electron chi connectivity index (χ3n) is 2.36. The van der Waals surface area contributed by atoms with Crippen LogP contribution in [0.5, 0.6) is 5.75 Å². The van der Waals surface area contributed by atoms with Crippen LogP contribution in [-0.4, -0.2) is 26.2 Å². The maximum absolute atomic E-state index is 11.8. The summed E-state index contributed by atoms with van der Waals surface area (Å²) < 4.78 is 31.6. The monoisotopic (exact) mass is 339 g/mol. The van der Waals surface area contributed by atoms with Crippen molar-refractivity contribution in [3.8, 4) is 5.75 Å². The molecule has 1 aromatic carbocycles. The first kappa shape index (κ1) is 17.4. The molecule has 0 radical (unpaired) electrons. The summed E-state index contributed by atoms with van der Waals surface area (Å²) in [6.07, 6.45) is 1.21. The molecule has 0 aliphatic heterocycles. The highest BCUT2D eigenvalue weighted by Crippen LogP contribution is 2.28. The third-order valence-corrected chi connectivity index (χ3v) is 4.30. The Bertz CT molecular complexity index is 532. The van der Waals surface area contributed by atoms with Crippen molar-refractivity contribution in [3.05, 3.63) is 23.2 Å².